The molecule has 22 heavy (non-hydrogen) atoms. The molecule has 0 bridgehead atoms. The molecule has 1 amide bonds. The van der Waals surface area contributed by atoms with Crippen LogP contribution in [0.4, 0.5) is 0 Å². The highest BCUT2D eigenvalue weighted by molar-refractivity contribution is 7.13. The van der Waals surface area contributed by atoms with Crippen LogP contribution < -0.4 is 10.1 Å². The van der Waals surface area contributed by atoms with Crippen LogP contribution in [0, 0.1) is 0 Å². The summed E-state index contributed by atoms with van der Waals surface area (Å²) in [6.45, 7) is 4.40. The fourth-order valence-corrected chi connectivity index (χ4v) is 2.57. The van der Waals surface area contributed by atoms with Gasteiger partial charge in [0.15, 0.2) is 0 Å². The molecule has 5 nitrogen and oxygen atoms in total. The largest absolute Gasteiger partial charge is 0.494 e. The highest BCUT2D eigenvalue weighted by Gasteiger charge is 2.13. The molecular formula is C16H20N2O3S. The number of rotatable bonds is 7. The van der Waals surface area contributed by atoms with Gasteiger partial charge in [0.2, 0.25) is 0 Å². The summed E-state index contributed by atoms with van der Waals surface area (Å²) in [5.74, 6) is 0.559. The number of thiazole rings is 1. The van der Waals surface area contributed by atoms with Gasteiger partial charge in [-0.1, -0.05) is 6.92 Å². The molecule has 0 radical (unpaired) electrons. The van der Waals surface area contributed by atoms with Gasteiger partial charge in [-0.05, 0) is 37.6 Å². The van der Waals surface area contributed by atoms with Crippen LogP contribution >= 0.6 is 11.3 Å². The van der Waals surface area contributed by atoms with Crippen LogP contribution in [0.15, 0.2) is 29.6 Å². The van der Waals surface area contributed by atoms with Crippen LogP contribution in [0.25, 0.3) is 10.6 Å². The van der Waals surface area contributed by atoms with Gasteiger partial charge in [0, 0.05) is 17.0 Å². The Morgan fingerprint density at radius 2 is 2.14 bits per heavy atom. The molecule has 0 aliphatic heterocycles. The fraction of sp³-hybridized carbons (Fsp3) is 0.375. The fourth-order valence-electron chi connectivity index (χ4n) is 1.77. The van der Waals surface area contributed by atoms with Gasteiger partial charge in [-0.2, -0.15) is 0 Å². The minimum Gasteiger partial charge on any atom is -0.494 e. The van der Waals surface area contributed by atoms with Crippen molar-refractivity contribution in [3.63, 3.8) is 0 Å². The molecule has 1 unspecified atom stereocenters. The molecular weight excluding hydrogens is 300 g/mol. The second-order valence-electron chi connectivity index (χ2n) is 4.97. The van der Waals surface area contributed by atoms with Crippen LogP contribution in [-0.2, 0) is 0 Å². The first-order chi connectivity index (χ1) is 10.6. The van der Waals surface area contributed by atoms with Gasteiger partial charge in [-0.3, -0.25) is 4.79 Å². The Balaban J connectivity index is 2.06. The maximum absolute atomic E-state index is 11.9. The Morgan fingerprint density at radius 3 is 2.77 bits per heavy atom. The lowest BCUT2D eigenvalue weighted by molar-refractivity contribution is 0.0918. The SMILES string of the molecule is CCCOc1ccc(-c2nc(C(=O)NC(C)CO)cs2)cc1. The Kier molecular flexibility index (Phi) is 5.91. The lowest BCUT2D eigenvalue weighted by Crippen LogP contribution is -2.35. The zero-order valence-electron chi connectivity index (χ0n) is 12.7. The summed E-state index contributed by atoms with van der Waals surface area (Å²) in [4.78, 5) is 16.3. The van der Waals surface area contributed by atoms with Gasteiger partial charge in [0.1, 0.15) is 16.5 Å². The first kappa shape index (κ1) is 16.5. The highest BCUT2D eigenvalue weighted by Crippen LogP contribution is 2.25. The quantitative estimate of drug-likeness (QED) is 0.823. The molecule has 1 atom stereocenters. The predicted octanol–water partition coefficient (Wildman–Crippen LogP) is 2.71. The van der Waals surface area contributed by atoms with E-state index in [-0.39, 0.29) is 18.6 Å². The van der Waals surface area contributed by atoms with Gasteiger partial charge in [0.05, 0.1) is 13.2 Å². The van der Waals surface area contributed by atoms with Crippen molar-refractivity contribution >= 4 is 17.2 Å². The van der Waals surface area contributed by atoms with E-state index in [0.717, 1.165) is 22.7 Å². The second-order valence-corrected chi connectivity index (χ2v) is 5.83. The highest BCUT2D eigenvalue weighted by atomic mass is 32.1. The predicted molar refractivity (Wildman–Crippen MR) is 87.4 cm³/mol. The molecule has 0 aliphatic carbocycles. The van der Waals surface area contributed by atoms with Gasteiger partial charge >= 0.3 is 0 Å². The molecule has 1 aromatic carbocycles. The standard InChI is InChI=1S/C16H20N2O3S/c1-3-8-21-13-6-4-12(5-7-13)16-18-14(10-22-16)15(20)17-11(2)9-19/h4-7,10-11,19H,3,8-9H2,1-2H3,(H,17,20). The normalized spacial score (nSPS) is 12.0. The minimum atomic E-state index is -0.285. The Labute approximate surface area is 134 Å². The molecule has 0 aliphatic rings. The summed E-state index contributed by atoms with van der Waals surface area (Å²) in [5.41, 5.74) is 1.31. The molecule has 0 saturated carbocycles. The monoisotopic (exact) mass is 320 g/mol. The third kappa shape index (κ3) is 4.29. The van der Waals surface area contributed by atoms with Crippen LogP contribution in [0.5, 0.6) is 5.75 Å². The average molecular weight is 320 g/mol. The van der Waals surface area contributed by atoms with Crippen LogP contribution in [-0.4, -0.2) is 35.3 Å². The number of aliphatic hydroxyl groups excluding tert-OH is 1. The van der Waals surface area contributed by atoms with Crippen molar-refractivity contribution in [3.05, 3.63) is 35.3 Å². The van der Waals surface area contributed by atoms with Crippen molar-refractivity contribution < 1.29 is 14.6 Å². The molecule has 118 valence electrons. The summed E-state index contributed by atoms with van der Waals surface area (Å²) in [6.07, 6.45) is 0.971. The van der Waals surface area contributed by atoms with E-state index in [1.807, 2.05) is 24.3 Å². The topological polar surface area (TPSA) is 71.5 Å². The summed E-state index contributed by atoms with van der Waals surface area (Å²) in [5, 5.41) is 14.1. The van der Waals surface area contributed by atoms with Gasteiger partial charge in [-0.15, -0.1) is 11.3 Å². The average Bonchev–Trinajstić information content (AvgIpc) is 3.03. The van der Waals surface area contributed by atoms with Crippen molar-refractivity contribution in [1.82, 2.24) is 10.3 Å². The van der Waals surface area contributed by atoms with E-state index in [9.17, 15) is 4.79 Å². The molecule has 6 heteroatoms. The van der Waals surface area contributed by atoms with Crippen molar-refractivity contribution in [1.29, 1.82) is 0 Å². The third-order valence-corrected chi connectivity index (χ3v) is 3.85. The molecule has 2 N–H and O–H groups in total. The number of amides is 1. The Hall–Kier alpha value is -1.92. The third-order valence-electron chi connectivity index (χ3n) is 2.96. The first-order valence-electron chi connectivity index (χ1n) is 7.24. The number of aromatic nitrogens is 1. The number of nitrogens with one attached hydrogen (secondary N) is 1. The van der Waals surface area contributed by atoms with Crippen LogP contribution in [0.3, 0.4) is 0 Å². The molecule has 2 aromatic rings. The molecule has 0 fully saturated rings. The van der Waals surface area contributed by atoms with E-state index in [1.54, 1.807) is 12.3 Å². The number of hydrogen-bond acceptors (Lipinski definition) is 5. The molecule has 1 heterocycles. The van der Waals surface area contributed by atoms with E-state index in [1.165, 1.54) is 11.3 Å². The molecule has 0 saturated heterocycles. The van der Waals surface area contributed by atoms with E-state index < -0.39 is 0 Å². The maximum atomic E-state index is 11.9. The molecule has 2 rings (SSSR count). The van der Waals surface area contributed by atoms with E-state index in [0.29, 0.717) is 12.3 Å². The number of carbonyl (C=O) groups excluding carboxylic acids is 1. The van der Waals surface area contributed by atoms with Gasteiger partial charge in [0.25, 0.3) is 5.91 Å². The number of aliphatic hydroxyl groups is 1. The second kappa shape index (κ2) is 7.91. The minimum absolute atomic E-state index is 0.0953. The number of nitrogens with zero attached hydrogens (tertiary/aromatic N) is 1. The van der Waals surface area contributed by atoms with Crippen molar-refractivity contribution in [3.8, 4) is 16.3 Å². The summed E-state index contributed by atoms with van der Waals surface area (Å²) in [6, 6.07) is 7.39. The number of ether oxygens (including phenoxy) is 1. The zero-order valence-corrected chi connectivity index (χ0v) is 13.5. The molecule has 0 spiro atoms. The summed E-state index contributed by atoms with van der Waals surface area (Å²) < 4.78 is 5.54. The smallest absolute Gasteiger partial charge is 0.271 e. The summed E-state index contributed by atoms with van der Waals surface area (Å²) >= 11 is 1.41. The van der Waals surface area contributed by atoms with E-state index in [2.05, 4.69) is 17.2 Å². The van der Waals surface area contributed by atoms with E-state index in [4.69, 9.17) is 9.84 Å². The van der Waals surface area contributed by atoms with Crippen molar-refractivity contribution in [2.24, 2.45) is 0 Å². The zero-order chi connectivity index (χ0) is 15.9. The number of hydrogen-bond donors (Lipinski definition) is 2. The molecule has 1 aromatic heterocycles. The first-order valence-corrected chi connectivity index (χ1v) is 8.12. The van der Waals surface area contributed by atoms with Gasteiger partial charge in [-0.25, -0.2) is 4.98 Å². The van der Waals surface area contributed by atoms with Crippen molar-refractivity contribution in [2.75, 3.05) is 13.2 Å². The van der Waals surface area contributed by atoms with Crippen LogP contribution in [0.1, 0.15) is 30.8 Å². The maximum Gasteiger partial charge on any atom is 0.271 e. The Morgan fingerprint density at radius 1 is 1.41 bits per heavy atom. The summed E-state index contributed by atoms with van der Waals surface area (Å²) in [7, 11) is 0. The van der Waals surface area contributed by atoms with Gasteiger partial charge < -0.3 is 15.2 Å². The lowest BCUT2D eigenvalue weighted by Gasteiger charge is -2.08. The van der Waals surface area contributed by atoms with Crippen molar-refractivity contribution in [2.45, 2.75) is 26.3 Å². The van der Waals surface area contributed by atoms with Crippen LogP contribution in [0.2, 0.25) is 0 Å². The number of benzene rings is 1. The van der Waals surface area contributed by atoms with E-state index >= 15 is 0 Å². The number of carbonyl (C=O) groups is 1. The Bertz CT molecular complexity index is 610. The lowest BCUT2D eigenvalue weighted by atomic mass is 10.2.